The molecule has 0 spiro atoms. The minimum Gasteiger partial charge on any atom is -0.361 e. The lowest BCUT2D eigenvalue weighted by Gasteiger charge is -2.24. The summed E-state index contributed by atoms with van der Waals surface area (Å²) in [6.07, 6.45) is 1.85. The van der Waals surface area contributed by atoms with Gasteiger partial charge in [0.1, 0.15) is 0 Å². The van der Waals surface area contributed by atoms with Crippen LogP contribution in [0.1, 0.15) is 37.9 Å². The van der Waals surface area contributed by atoms with E-state index in [1.54, 1.807) is 17.4 Å². The lowest BCUT2D eigenvalue weighted by Crippen LogP contribution is -2.45. The van der Waals surface area contributed by atoms with Crippen molar-refractivity contribution < 1.29 is 8.42 Å². The highest BCUT2D eigenvalue weighted by Crippen LogP contribution is 2.34. The summed E-state index contributed by atoms with van der Waals surface area (Å²) in [5, 5.41) is 7.48. The van der Waals surface area contributed by atoms with Gasteiger partial charge in [0.2, 0.25) is 10.0 Å². The van der Waals surface area contributed by atoms with Gasteiger partial charge >= 0.3 is 0 Å². The van der Waals surface area contributed by atoms with Gasteiger partial charge in [0, 0.05) is 19.1 Å². The summed E-state index contributed by atoms with van der Waals surface area (Å²) in [7, 11) is -3.57. The van der Waals surface area contributed by atoms with Crippen molar-refractivity contribution in [1.29, 1.82) is 0 Å². The maximum Gasteiger partial charge on any atom is 0.241 e. The predicted octanol–water partition coefficient (Wildman–Crippen LogP) is 3.53. The van der Waals surface area contributed by atoms with Crippen LogP contribution in [0.5, 0.6) is 0 Å². The quantitative estimate of drug-likeness (QED) is 0.636. The van der Waals surface area contributed by atoms with Gasteiger partial charge in [-0.2, -0.15) is 0 Å². The van der Waals surface area contributed by atoms with E-state index in [0.29, 0.717) is 17.4 Å². The average Bonchev–Trinajstić information content (AvgIpc) is 3.01. The molecule has 6 nitrogen and oxygen atoms in total. The van der Waals surface area contributed by atoms with E-state index < -0.39 is 10.0 Å². The van der Waals surface area contributed by atoms with Crippen molar-refractivity contribution in [1.82, 2.24) is 15.0 Å². The number of rotatable bonds is 7. The highest BCUT2D eigenvalue weighted by molar-refractivity contribution is 7.89. The van der Waals surface area contributed by atoms with Gasteiger partial charge in [0.05, 0.1) is 15.5 Å². The molecule has 28 heavy (non-hydrogen) atoms. The molecule has 3 rings (SSSR count). The number of nitrogens with one attached hydrogen (secondary N) is 3. The Balaban J connectivity index is 1.87. The van der Waals surface area contributed by atoms with E-state index in [1.165, 1.54) is 0 Å². The lowest BCUT2D eigenvalue weighted by atomic mass is 10.1. The largest absolute Gasteiger partial charge is 0.361 e. The highest BCUT2D eigenvalue weighted by Gasteiger charge is 2.24. The number of anilines is 1. The van der Waals surface area contributed by atoms with E-state index in [4.69, 9.17) is 0 Å². The monoisotopic (exact) mass is 422 g/mol. The molecule has 8 heteroatoms. The van der Waals surface area contributed by atoms with Crippen molar-refractivity contribution >= 4 is 26.5 Å². The first-order chi connectivity index (χ1) is 13.3. The van der Waals surface area contributed by atoms with E-state index in [0.717, 1.165) is 52.8 Å². The third-order valence-electron chi connectivity index (χ3n) is 4.82. The zero-order valence-electron chi connectivity index (χ0n) is 17.0. The van der Waals surface area contributed by atoms with Crippen molar-refractivity contribution in [3.63, 3.8) is 0 Å². The summed E-state index contributed by atoms with van der Waals surface area (Å²) in [4.78, 5) is 5.95. The van der Waals surface area contributed by atoms with Crippen LogP contribution in [0, 0.1) is 19.8 Å². The van der Waals surface area contributed by atoms with Crippen LogP contribution in [-0.4, -0.2) is 39.1 Å². The second-order valence-electron chi connectivity index (χ2n) is 7.85. The number of hydrogen-bond acceptors (Lipinski definition) is 6. The standard InChI is InChI=1S/C20H30N4O2S2/c1-13(2)11-22-20-23-15(4)19(27-20)16-8-7-14(3)18(10-16)28(25,26)24-17-6-5-9-21-12-17/h7-8,10,13,17,21,24H,5-6,9,11-12H2,1-4H3,(H,22,23). The highest BCUT2D eigenvalue weighted by atomic mass is 32.2. The molecule has 0 amide bonds. The molecular formula is C20H30N4O2S2. The van der Waals surface area contributed by atoms with Crippen LogP contribution >= 0.6 is 11.3 Å². The normalized spacial score (nSPS) is 17.8. The van der Waals surface area contributed by atoms with E-state index in [1.807, 2.05) is 26.0 Å². The molecule has 3 N–H and O–H groups in total. The Hall–Kier alpha value is -1.48. The van der Waals surface area contributed by atoms with Gasteiger partial charge < -0.3 is 10.6 Å². The molecule has 1 aliphatic heterocycles. The van der Waals surface area contributed by atoms with Gasteiger partial charge in [-0.1, -0.05) is 37.3 Å². The van der Waals surface area contributed by atoms with E-state index in [-0.39, 0.29) is 6.04 Å². The summed E-state index contributed by atoms with van der Waals surface area (Å²) in [6, 6.07) is 5.58. The maximum atomic E-state index is 13.0. The van der Waals surface area contributed by atoms with Crippen molar-refractivity contribution in [2.45, 2.75) is 51.5 Å². The third kappa shape index (κ3) is 5.11. The zero-order valence-corrected chi connectivity index (χ0v) is 18.6. The summed E-state index contributed by atoms with van der Waals surface area (Å²) in [5.74, 6) is 0.532. The third-order valence-corrected chi connectivity index (χ3v) is 7.64. The summed E-state index contributed by atoms with van der Waals surface area (Å²) in [6.45, 7) is 10.6. The molecule has 1 saturated heterocycles. The van der Waals surface area contributed by atoms with Crippen LogP contribution in [0.15, 0.2) is 23.1 Å². The number of aryl methyl sites for hydroxylation is 2. The van der Waals surface area contributed by atoms with E-state index in [2.05, 4.69) is 34.2 Å². The summed E-state index contributed by atoms with van der Waals surface area (Å²) >= 11 is 1.57. The Kier molecular flexibility index (Phi) is 6.75. The maximum absolute atomic E-state index is 13.0. The number of aromatic nitrogens is 1. The first-order valence-electron chi connectivity index (χ1n) is 9.81. The van der Waals surface area contributed by atoms with Crippen molar-refractivity contribution in [3.8, 4) is 10.4 Å². The molecule has 1 unspecified atom stereocenters. The fourth-order valence-electron chi connectivity index (χ4n) is 3.30. The number of hydrogen-bond donors (Lipinski definition) is 3. The minimum absolute atomic E-state index is 0.0567. The van der Waals surface area contributed by atoms with Crippen LogP contribution in [0.2, 0.25) is 0 Å². The first kappa shape index (κ1) is 21.2. The summed E-state index contributed by atoms with van der Waals surface area (Å²) < 4.78 is 28.9. The fourth-order valence-corrected chi connectivity index (χ4v) is 5.81. The summed E-state index contributed by atoms with van der Waals surface area (Å²) in [5.41, 5.74) is 2.55. The molecule has 2 heterocycles. The second kappa shape index (κ2) is 8.90. The molecule has 0 bridgehead atoms. The van der Waals surface area contributed by atoms with Crippen molar-refractivity contribution in [3.05, 3.63) is 29.5 Å². The first-order valence-corrected chi connectivity index (χ1v) is 12.1. The molecule has 1 atom stereocenters. The Morgan fingerprint density at radius 3 is 2.79 bits per heavy atom. The van der Waals surface area contributed by atoms with Gasteiger partial charge in [-0.3, -0.25) is 0 Å². The van der Waals surface area contributed by atoms with Gasteiger partial charge in [-0.05, 0) is 56.3 Å². The van der Waals surface area contributed by atoms with Crippen molar-refractivity contribution in [2.24, 2.45) is 5.92 Å². The predicted molar refractivity (Wildman–Crippen MR) is 117 cm³/mol. The molecule has 1 aromatic carbocycles. The second-order valence-corrected chi connectivity index (χ2v) is 10.5. The molecular weight excluding hydrogens is 392 g/mol. The Morgan fingerprint density at radius 1 is 1.32 bits per heavy atom. The molecule has 2 aromatic rings. The van der Waals surface area contributed by atoms with Crippen LogP contribution in [0.3, 0.4) is 0 Å². The van der Waals surface area contributed by atoms with Crippen molar-refractivity contribution in [2.75, 3.05) is 25.0 Å². The zero-order chi connectivity index (χ0) is 20.3. The number of piperidine rings is 1. The van der Waals surface area contributed by atoms with Crippen LogP contribution in [0.25, 0.3) is 10.4 Å². The molecule has 0 radical (unpaired) electrons. The Labute approximate surface area is 172 Å². The fraction of sp³-hybridized carbons (Fsp3) is 0.550. The van der Waals surface area contributed by atoms with Crippen LogP contribution < -0.4 is 15.4 Å². The number of sulfonamides is 1. The number of nitrogens with zero attached hydrogens (tertiary/aromatic N) is 1. The minimum atomic E-state index is -3.57. The molecule has 154 valence electrons. The average molecular weight is 423 g/mol. The van der Waals surface area contributed by atoms with Crippen LogP contribution in [-0.2, 0) is 10.0 Å². The van der Waals surface area contributed by atoms with E-state index in [9.17, 15) is 8.42 Å². The molecule has 0 aliphatic carbocycles. The number of benzene rings is 1. The topological polar surface area (TPSA) is 83.1 Å². The van der Waals surface area contributed by atoms with E-state index >= 15 is 0 Å². The van der Waals surface area contributed by atoms with Crippen LogP contribution in [0.4, 0.5) is 5.13 Å². The van der Waals surface area contributed by atoms with Gasteiger partial charge in [0.15, 0.2) is 5.13 Å². The van der Waals surface area contributed by atoms with Gasteiger partial charge in [-0.15, -0.1) is 0 Å². The Bertz CT molecular complexity index is 916. The molecule has 0 saturated carbocycles. The molecule has 1 aliphatic rings. The molecule has 1 fully saturated rings. The van der Waals surface area contributed by atoms with Gasteiger partial charge in [-0.25, -0.2) is 18.1 Å². The smallest absolute Gasteiger partial charge is 0.241 e. The Morgan fingerprint density at radius 2 is 2.11 bits per heavy atom. The SMILES string of the molecule is Cc1ccc(-c2sc(NCC(C)C)nc2C)cc1S(=O)(=O)NC1CCCNC1. The van der Waals surface area contributed by atoms with Gasteiger partial charge in [0.25, 0.3) is 0 Å². The number of thiazole rings is 1. The lowest BCUT2D eigenvalue weighted by molar-refractivity contribution is 0.428. The molecule has 1 aromatic heterocycles.